The van der Waals surface area contributed by atoms with E-state index >= 15 is 0 Å². The monoisotopic (exact) mass is 268 g/mol. The van der Waals surface area contributed by atoms with Gasteiger partial charge < -0.3 is 20.1 Å². The Morgan fingerprint density at radius 2 is 1.79 bits per heavy atom. The smallest absolute Gasteiger partial charge is 0.337 e. The minimum Gasteiger partial charge on any atom is -0.504 e. The van der Waals surface area contributed by atoms with Gasteiger partial charge in [-0.2, -0.15) is 0 Å². The zero-order valence-corrected chi connectivity index (χ0v) is 10.8. The largest absolute Gasteiger partial charge is 0.504 e. The number of hydrogen-bond donors (Lipinski definition) is 3. The summed E-state index contributed by atoms with van der Waals surface area (Å²) in [4.78, 5) is 20.6. The number of hydrogen-bond acceptors (Lipinski definition) is 5. The first kappa shape index (κ1) is 16.5. The maximum atomic E-state index is 11.0. The van der Waals surface area contributed by atoms with Crippen molar-refractivity contribution in [2.24, 2.45) is 0 Å². The molecule has 6 nitrogen and oxygen atoms in total. The second-order valence-electron chi connectivity index (χ2n) is 3.68. The molecule has 3 N–H and O–H groups in total. The quantitative estimate of drug-likeness (QED) is 0.534. The summed E-state index contributed by atoms with van der Waals surface area (Å²) in [5, 5.41) is 26.2. The Morgan fingerprint density at radius 3 is 2.05 bits per heavy atom. The Hall–Kier alpha value is -2.50. The van der Waals surface area contributed by atoms with Crippen molar-refractivity contribution >= 4 is 11.9 Å². The lowest BCUT2D eigenvalue weighted by Crippen LogP contribution is -2.06. The fourth-order valence-corrected chi connectivity index (χ4v) is 1.06. The lowest BCUT2D eigenvalue weighted by Gasteiger charge is -2.04. The first-order valence-electron chi connectivity index (χ1n) is 5.20. The molecule has 1 aliphatic carbocycles. The predicted molar refractivity (Wildman–Crippen MR) is 68.6 cm³/mol. The third-order valence-corrected chi connectivity index (χ3v) is 2.19. The molecule has 0 amide bonds. The van der Waals surface area contributed by atoms with Gasteiger partial charge in [0.05, 0.1) is 12.7 Å². The normalized spacial score (nSPS) is 13.1. The van der Waals surface area contributed by atoms with E-state index in [1.807, 2.05) is 0 Å². The summed E-state index contributed by atoms with van der Waals surface area (Å²) in [5.74, 6) is -2.06. The molecule has 0 aromatic rings. The number of ether oxygens (including phenoxy) is 1. The van der Waals surface area contributed by atoms with Crippen molar-refractivity contribution < 1.29 is 29.6 Å². The van der Waals surface area contributed by atoms with E-state index < -0.39 is 11.9 Å². The summed E-state index contributed by atoms with van der Waals surface area (Å²) in [7, 11) is 1.23. The fourth-order valence-electron chi connectivity index (χ4n) is 1.06. The van der Waals surface area contributed by atoms with Crippen molar-refractivity contribution in [2.45, 2.75) is 13.3 Å². The van der Waals surface area contributed by atoms with Gasteiger partial charge in [-0.1, -0.05) is 13.2 Å². The number of carboxylic acids is 1. The lowest BCUT2D eigenvalue weighted by atomic mass is 10.1. The number of carbonyl (C=O) groups is 2. The molecule has 0 aromatic heterocycles. The second-order valence-corrected chi connectivity index (χ2v) is 3.68. The number of carbonyl (C=O) groups excluding carboxylic acids is 1. The maximum Gasteiger partial charge on any atom is 0.337 e. The lowest BCUT2D eigenvalue weighted by molar-refractivity contribution is -0.136. The van der Waals surface area contributed by atoms with E-state index in [4.69, 9.17) is 10.2 Å². The highest BCUT2D eigenvalue weighted by Gasteiger charge is 2.22. The highest BCUT2D eigenvalue weighted by Crippen LogP contribution is 2.27. The number of allylic oxidation sites excluding steroid dienone is 1. The molecule has 0 unspecified atom stereocenters. The summed E-state index contributed by atoms with van der Waals surface area (Å²) < 4.78 is 4.42. The topological polar surface area (TPSA) is 104 Å². The summed E-state index contributed by atoms with van der Waals surface area (Å²) in [6.45, 7) is 8.06. The van der Waals surface area contributed by atoms with E-state index in [-0.39, 0.29) is 22.7 Å². The van der Waals surface area contributed by atoms with Crippen molar-refractivity contribution in [1.29, 1.82) is 0 Å². The summed E-state index contributed by atoms with van der Waals surface area (Å²) in [6, 6.07) is 0. The molecule has 19 heavy (non-hydrogen) atoms. The number of aliphatic hydroxyl groups is 2. The zero-order valence-electron chi connectivity index (χ0n) is 10.8. The number of carboxylic acid groups (broad SMARTS) is 1. The Balaban J connectivity index is 0.000000459. The molecule has 0 spiro atoms. The van der Waals surface area contributed by atoms with Gasteiger partial charge in [-0.25, -0.2) is 9.59 Å². The molecule has 0 atom stereocenters. The number of methoxy groups -OCH3 is 1. The third kappa shape index (κ3) is 4.71. The van der Waals surface area contributed by atoms with E-state index in [1.54, 1.807) is 0 Å². The van der Waals surface area contributed by atoms with Gasteiger partial charge in [0, 0.05) is 11.1 Å². The molecule has 0 heterocycles. The van der Waals surface area contributed by atoms with Crippen LogP contribution in [0.2, 0.25) is 0 Å². The van der Waals surface area contributed by atoms with Crippen LogP contribution in [0.5, 0.6) is 0 Å². The standard InChI is InChI=1S/C9H10O4.C4H6O2/c1-5(9(12)13-2)6-3-4-7(10)8(6)11;1-3(2)4(5)6/h4,10-11H,1,3H2,2H3;1H2,2H3,(H,5,6). The molecular formula is C13H16O6. The molecule has 6 heteroatoms. The van der Waals surface area contributed by atoms with Crippen LogP contribution in [-0.2, 0) is 14.3 Å². The van der Waals surface area contributed by atoms with Crippen molar-refractivity contribution in [3.63, 3.8) is 0 Å². The molecule has 104 valence electrons. The average molecular weight is 268 g/mol. The van der Waals surface area contributed by atoms with Gasteiger partial charge in [0.25, 0.3) is 0 Å². The minimum absolute atomic E-state index is 0.0697. The highest BCUT2D eigenvalue weighted by molar-refractivity contribution is 5.93. The molecule has 0 saturated carbocycles. The van der Waals surface area contributed by atoms with Crippen LogP contribution in [0.4, 0.5) is 0 Å². The molecule has 0 bridgehead atoms. The summed E-state index contributed by atoms with van der Waals surface area (Å²) >= 11 is 0. The Morgan fingerprint density at radius 1 is 1.32 bits per heavy atom. The molecule has 1 rings (SSSR count). The average Bonchev–Trinajstić information content (AvgIpc) is 2.69. The van der Waals surface area contributed by atoms with Gasteiger partial charge in [0.1, 0.15) is 0 Å². The predicted octanol–water partition coefficient (Wildman–Crippen LogP) is 2.02. The van der Waals surface area contributed by atoms with Crippen molar-refractivity contribution in [3.8, 4) is 0 Å². The van der Waals surface area contributed by atoms with E-state index in [9.17, 15) is 14.7 Å². The van der Waals surface area contributed by atoms with Gasteiger partial charge in [0.15, 0.2) is 11.5 Å². The van der Waals surface area contributed by atoms with Crippen LogP contribution in [0.1, 0.15) is 13.3 Å². The van der Waals surface area contributed by atoms with Gasteiger partial charge in [0.2, 0.25) is 0 Å². The number of aliphatic carboxylic acids is 1. The molecule has 1 aliphatic rings. The van der Waals surface area contributed by atoms with Crippen molar-refractivity contribution in [1.82, 2.24) is 0 Å². The maximum absolute atomic E-state index is 11.0. The van der Waals surface area contributed by atoms with Crippen LogP contribution < -0.4 is 0 Å². The molecule has 0 radical (unpaired) electrons. The van der Waals surface area contributed by atoms with E-state index in [2.05, 4.69) is 17.9 Å². The molecule has 0 saturated heterocycles. The second kappa shape index (κ2) is 7.05. The highest BCUT2D eigenvalue weighted by atomic mass is 16.5. The van der Waals surface area contributed by atoms with Crippen molar-refractivity contribution in [3.05, 3.63) is 47.5 Å². The van der Waals surface area contributed by atoms with Gasteiger partial charge in [-0.3, -0.25) is 0 Å². The molecular weight excluding hydrogens is 252 g/mol. The van der Waals surface area contributed by atoms with Crippen LogP contribution in [0.15, 0.2) is 47.5 Å². The molecule has 0 fully saturated rings. The van der Waals surface area contributed by atoms with E-state index in [0.717, 1.165) is 0 Å². The number of esters is 1. The fraction of sp³-hybridized carbons (Fsp3) is 0.231. The van der Waals surface area contributed by atoms with Gasteiger partial charge >= 0.3 is 11.9 Å². The van der Waals surface area contributed by atoms with Crippen molar-refractivity contribution in [2.75, 3.05) is 7.11 Å². The van der Waals surface area contributed by atoms with Gasteiger partial charge in [-0.15, -0.1) is 0 Å². The minimum atomic E-state index is -0.935. The number of aliphatic hydroxyl groups excluding tert-OH is 2. The third-order valence-electron chi connectivity index (χ3n) is 2.19. The van der Waals surface area contributed by atoms with Crippen LogP contribution in [0.25, 0.3) is 0 Å². The van der Waals surface area contributed by atoms with Crippen LogP contribution in [0.3, 0.4) is 0 Å². The Labute approximate surface area is 110 Å². The van der Waals surface area contributed by atoms with Crippen LogP contribution in [0, 0.1) is 0 Å². The summed E-state index contributed by atoms with van der Waals surface area (Å²) in [6.07, 6.45) is 1.70. The van der Waals surface area contributed by atoms with Crippen LogP contribution >= 0.6 is 0 Å². The van der Waals surface area contributed by atoms with Crippen LogP contribution in [-0.4, -0.2) is 34.4 Å². The molecule has 0 aromatic carbocycles. The zero-order chi connectivity index (χ0) is 15.2. The summed E-state index contributed by atoms with van der Waals surface area (Å²) in [5.41, 5.74) is 0.555. The van der Waals surface area contributed by atoms with Gasteiger partial charge in [-0.05, 0) is 19.4 Å². The van der Waals surface area contributed by atoms with E-state index in [0.29, 0.717) is 12.0 Å². The molecule has 0 aliphatic heterocycles. The number of rotatable bonds is 3. The Bertz CT molecular complexity index is 469. The Kier molecular flexibility index (Phi) is 6.12. The SMILES string of the molecule is C=C(C(=O)OC)C1=C(O)C(O)=CC1.C=C(C)C(=O)O. The first-order valence-corrected chi connectivity index (χ1v) is 5.20. The van der Waals surface area contributed by atoms with E-state index in [1.165, 1.54) is 20.1 Å². The first-order chi connectivity index (χ1) is 8.72.